The minimum absolute atomic E-state index is 0.508. The van der Waals surface area contributed by atoms with Crippen LogP contribution in [-0.4, -0.2) is 4.98 Å². The van der Waals surface area contributed by atoms with E-state index in [2.05, 4.69) is 10.3 Å². The zero-order valence-corrected chi connectivity index (χ0v) is 13.2. The highest BCUT2D eigenvalue weighted by Crippen LogP contribution is 2.34. The van der Waals surface area contributed by atoms with E-state index in [4.69, 9.17) is 27.6 Å². The van der Waals surface area contributed by atoms with Crippen LogP contribution in [0.4, 0.5) is 0 Å². The molecule has 112 valence electrons. The molecule has 5 heteroatoms. The van der Waals surface area contributed by atoms with Crippen molar-refractivity contribution >= 4 is 23.2 Å². The average molecular weight is 333 g/mol. The lowest BCUT2D eigenvalue weighted by atomic mass is 10.2. The van der Waals surface area contributed by atoms with Gasteiger partial charge in [-0.05, 0) is 35.9 Å². The Balaban J connectivity index is 1.65. The normalized spacial score (nSPS) is 10.8. The Hall–Kier alpha value is -1.81. The van der Waals surface area contributed by atoms with Gasteiger partial charge in [0.1, 0.15) is 11.5 Å². The molecule has 2 heterocycles. The molecule has 0 fully saturated rings. The van der Waals surface area contributed by atoms with Crippen LogP contribution < -0.4 is 5.32 Å². The molecule has 0 aliphatic heterocycles. The van der Waals surface area contributed by atoms with Gasteiger partial charge in [0.2, 0.25) is 0 Å². The minimum atomic E-state index is 0.508. The summed E-state index contributed by atoms with van der Waals surface area (Å²) in [5.74, 6) is 1.56. The Morgan fingerprint density at radius 1 is 1.00 bits per heavy atom. The fourth-order valence-electron chi connectivity index (χ4n) is 2.14. The molecular weight excluding hydrogens is 319 g/mol. The van der Waals surface area contributed by atoms with Gasteiger partial charge in [-0.2, -0.15) is 0 Å². The number of rotatable bonds is 5. The maximum atomic E-state index is 6.21. The lowest BCUT2D eigenvalue weighted by Gasteiger charge is -2.04. The van der Waals surface area contributed by atoms with Crippen molar-refractivity contribution in [2.75, 3.05) is 0 Å². The van der Waals surface area contributed by atoms with Crippen molar-refractivity contribution in [2.45, 2.75) is 13.1 Å². The van der Waals surface area contributed by atoms with E-state index in [9.17, 15) is 0 Å². The van der Waals surface area contributed by atoms with Crippen LogP contribution in [0.2, 0.25) is 10.0 Å². The molecule has 0 atom stereocenters. The topological polar surface area (TPSA) is 38.1 Å². The number of halogens is 2. The number of pyridine rings is 1. The number of nitrogens with zero attached hydrogens (tertiary/aromatic N) is 1. The first-order valence-corrected chi connectivity index (χ1v) is 7.62. The Bertz CT molecular complexity index is 756. The van der Waals surface area contributed by atoms with E-state index in [0.29, 0.717) is 22.4 Å². The highest BCUT2D eigenvalue weighted by molar-refractivity contribution is 6.43. The summed E-state index contributed by atoms with van der Waals surface area (Å²) in [6.45, 7) is 1.37. The van der Waals surface area contributed by atoms with Crippen molar-refractivity contribution < 1.29 is 4.42 Å². The molecule has 0 unspecified atom stereocenters. The summed E-state index contributed by atoms with van der Waals surface area (Å²) >= 11 is 12.2. The number of benzene rings is 1. The van der Waals surface area contributed by atoms with Gasteiger partial charge in [-0.1, -0.05) is 35.3 Å². The average Bonchev–Trinajstić information content (AvgIpc) is 3.00. The first-order valence-electron chi connectivity index (χ1n) is 6.87. The molecule has 0 saturated heterocycles. The monoisotopic (exact) mass is 332 g/mol. The van der Waals surface area contributed by atoms with Gasteiger partial charge in [-0.25, -0.2) is 0 Å². The van der Waals surface area contributed by atoms with Gasteiger partial charge in [0.05, 0.1) is 16.6 Å². The quantitative estimate of drug-likeness (QED) is 0.719. The van der Waals surface area contributed by atoms with Crippen LogP contribution in [0.1, 0.15) is 11.3 Å². The van der Waals surface area contributed by atoms with Crippen molar-refractivity contribution in [2.24, 2.45) is 0 Å². The molecule has 2 aromatic heterocycles. The van der Waals surface area contributed by atoms with Crippen LogP contribution in [0.25, 0.3) is 11.3 Å². The third-order valence-corrected chi connectivity index (χ3v) is 4.05. The van der Waals surface area contributed by atoms with Gasteiger partial charge in [-0.15, -0.1) is 0 Å². The molecular formula is C17H14Cl2N2O. The van der Waals surface area contributed by atoms with Gasteiger partial charge in [0.25, 0.3) is 0 Å². The van der Waals surface area contributed by atoms with E-state index in [-0.39, 0.29) is 0 Å². The molecule has 3 aromatic rings. The summed E-state index contributed by atoms with van der Waals surface area (Å²) in [7, 11) is 0. The van der Waals surface area contributed by atoms with Crippen molar-refractivity contribution in [3.8, 4) is 11.3 Å². The van der Waals surface area contributed by atoms with E-state index in [0.717, 1.165) is 23.4 Å². The summed E-state index contributed by atoms with van der Waals surface area (Å²) in [6, 6.07) is 13.3. The molecule has 1 N–H and O–H groups in total. The molecule has 1 aromatic carbocycles. The zero-order valence-electron chi connectivity index (χ0n) is 11.7. The number of furan rings is 1. The lowest BCUT2D eigenvalue weighted by Crippen LogP contribution is -2.12. The fraction of sp³-hybridized carbons (Fsp3) is 0.118. The van der Waals surface area contributed by atoms with Crippen LogP contribution in [0, 0.1) is 0 Å². The Morgan fingerprint density at radius 3 is 2.73 bits per heavy atom. The predicted molar refractivity (Wildman–Crippen MR) is 88.9 cm³/mol. The summed E-state index contributed by atoms with van der Waals surface area (Å²) in [6.07, 6.45) is 3.60. The van der Waals surface area contributed by atoms with Crippen molar-refractivity contribution in [3.63, 3.8) is 0 Å². The van der Waals surface area contributed by atoms with Gasteiger partial charge in [0, 0.05) is 24.5 Å². The molecule has 0 aliphatic rings. The van der Waals surface area contributed by atoms with Crippen molar-refractivity contribution in [3.05, 3.63) is 76.2 Å². The molecule has 0 bridgehead atoms. The summed E-state index contributed by atoms with van der Waals surface area (Å²) in [5.41, 5.74) is 1.93. The van der Waals surface area contributed by atoms with E-state index >= 15 is 0 Å². The molecule has 0 radical (unpaired) electrons. The molecule has 0 amide bonds. The van der Waals surface area contributed by atoms with Crippen LogP contribution in [0.5, 0.6) is 0 Å². The van der Waals surface area contributed by atoms with Crippen molar-refractivity contribution in [1.82, 2.24) is 10.3 Å². The summed E-state index contributed by atoms with van der Waals surface area (Å²) in [4.78, 5) is 4.08. The Morgan fingerprint density at radius 2 is 1.91 bits per heavy atom. The zero-order chi connectivity index (χ0) is 15.4. The Kier molecular flexibility index (Phi) is 4.78. The number of nitrogens with one attached hydrogen (secondary N) is 1. The third kappa shape index (κ3) is 3.50. The number of aromatic nitrogens is 1. The van der Waals surface area contributed by atoms with E-state index in [1.165, 1.54) is 0 Å². The van der Waals surface area contributed by atoms with E-state index in [1.54, 1.807) is 12.3 Å². The number of hydrogen-bond donors (Lipinski definition) is 1. The second-order valence-electron chi connectivity index (χ2n) is 4.83. The summed E-state index contributed by atoms with van der Waals surface area (Å²) in [5, 5.41) is 4.34. The SMILES string of the molecule is Clc1cccc(-c2ccc(CNCc3cccnc3)o2)c1Cl. The summed E-state index contributed by atoms with van der Waals surface area (Å²) < 4.78 is 5.82. The van der Waals surface area contributed by atoms with Crippen LogP contribution in [0.15, 0.2) is 59.3 Å². The van der Waals surface area contributed by atoms with Crippen molar-refractivity contribution in [1.29, 1.82) is 0 Å². The lowest BCUT2D eigenvalue weighted by molar-refractivity contribution is 0.493. The number of hydrogen-bond acceptors (Lipinski definition) is 3. The minimum Gasteiger partial charge on any atom is -0.460 e. The first kappa shape index (κ1) is 15.1. The van der Waals surface area contributed by atoms with Crippen LogP contribution in [-0.2, 0) is 13.1 Å². The highest BCUT2D eigenvalue weighted by Gasteiger charge is 2.10. The van der Waals surface area contributed by atoms with Gasteiger partial charge in [-0.3, -0.25) is 4.98 Å². The van der Waals surface area contributed by atoms with Crippen LogP contribution >= 0.6 is 23.2 Å². The standard InChI is InChI=1S/C17H14Cl2N2O/c18-15-5-1-4-14(17(15)19)16-7-6-13(22-16)11-21-10-12-3-2-8-20-9-12/h1-9,21H,10-11H2. The van der Waals surface area contributed by atoms with Gasteiger partial charge >= 0.3 is 0 Å². The molecule has 3 nitrogen and oxygen atoms in total. The second kappa shape index (κ2) is 6.97. The van der Waals surface area contributed by atoms with E-state index < -0.39 is 0 Å². The largest absolute Gasteiger partial charge is 0.460 e. The third-order valence-electron chi connectivity index (χ3n) is 3.23. The second-order valence-corrected chi connectivity index (χ2v) is 5.62. The maximum Gasteiger partial charge on any atom is 0.135 e. The maximum absolute atomic E-state index is 6.21. The highest BCUT2D eigenvalue weighted by atomic mass is 35.5. The van der Waals surface area contributed by atoms with E-state index in [1.807, 2.05) is 42.6 Å². The molecule has 3 rings (SSSR count). The predicted octanol–water partition coefficient (Wildman–Crippen LogP) is 4.94. The smallest absolute Gasteiger partial charge is 0.135 e. The first-order chi connectivity index (χ1) is 10.7. The van der Waals surface area contributed by atoms with Gasteiger partial charge < -0.3 is 9.73 Å². The Labute approximate surface area is 138 Å². The molecule has 0 aliphatic carbocycles. The fourth-order valence-corrected chi connectivity index (χ4v) is 2.54. The van der Waals surface area contributed by atoms with Crippen LogP contribution in [0.3, 0.4) is 0 Å². The molecule has 0 spiro atoms. The van der Waals surface area contributed by atoms with Gasteiger partial charge in [0.15, 0.2) is 0 Å². The molecule has 22 heavy (non-hydrogen) atoms. The molecule has 0 saturated carbocycles.